The molecule has 2 aliphatic heterocycles. The molecule has 2 aliphatic rings. The van der Waals surface area contributed by atoms with Crippen LogP contribution in [-0.4, -0.2) is 58.0 Å². The number of fused-ring (bicyclic) bond motifs is 2. The maximum absolute atomic E-state index is 12.3. The van der Waals surface area contributed by atoms with Gasteiger partial charge >= 0.3 is 16.2 Å². The molecule has 5 rings (SSSR count). The largest absolute Gasteiger partial charge is 0.478 e. The second-order valence-corrected chi connectivity index (χ2v) is 11.5. The number of amidine groups is 1. The van der Waals surface area contributed by atoms with Crippen molar-refractivity contribution in [3.8, 4) is 0 Å². The highest BCUT2D eigenvalue weighted by Crippen LogP contribution is 2.29. The van der Waals surface area contributed by atoms with Crippen LogP contribution in [0.15, 0.2) is 59.6 Å². The van der Waals surface area contributed by atoms with E-state index in [-0.39, 0.29) is 28.9 Å². The van der Waals surface area contributed by atoms with Crippen LogP contribution >= 0.6 is 0 Å². The third-order valence-corrected chi connectivity index (χ3v) is 8.25. The minimum atomic E-state index is -3.75. The number of nitrogens with one attached hydrogen (secondary N) is 2. The standard InChI is InChI=1S/C17H17N3O3.C10H12N2O3S/c1-9(2)17(3)16(23)19-14(20-17)13-11(15(21)22)8-10-6-4-5-7-12(10)18-13;1-7(2)12-10(13)8-5-3-4-6-9(8)11-16(12,14)15/h4-9H,1-3H3,(H,21,22)(H,19,20,23);3-7,11H,1-2H3. The van der Waals surface area contributed by atoms with E-state index < -0.39 is 33.7 Å². The number of amides is 2. The van der Waals surface area contributed by atoms with Crippen LogP contribution in [0.4, 0.5) is 5.69 Å². The van der Waals surface area contributed by atoms with Gasteiger partial charge in [-0.25, -0.2) is 19.1 Å². The zero-order valence-corrected chi connectivity index (χ0v) is 22.9. The normalized spacial score (nSPS) is 19.7. The predicted molar refractivity (Wildman–Crippen MR) is 147 cm³/mol. The molecule has 204 valence electrons. The first kappa shape index (κ1) is 27.7. The van der Waals surface area contributed by atoms with Gasteiger partial charge in [-0.1, -0.05) is 44.2 Å². The molecule has 2 amide bonds. The summed E-state index contributed by atoms with van der Waals surface area (Å²) in [6.07, 6.45) is 0. The van der Waals surface area contributed by atoms with Crippen LogP contribution in [0.5, 0.6) is 0 Å². The zero-order valence-electron chi connectivity index (χ0n) is 22.1. The van der Waals surface area contributed by atoms with Crippen molar-refractivity contribution in [2.24, 2.45) is 10.9 Å². The van der Waals surface area contributed by atoms with Crippen LogP contribution in [0.3, 0.4) is 0 Å². The molecule has 2 aromatic carbocycles. The third kappa shape index (κ3) is 5.07. The number of nitrogens with zero attached hydrogens (tertiary/aromatic N) is 3. The first-order valence-electron chi connectivity index (χ1n) is 12.3. The van der Waals surface area contributed by atoms with Crippen LogP contribution in [-0.2, 0) is 15.0 Å². The number of benzene rings is 2. The minimum Gasteiger partial charge on any atom is -0.478 e. The van der Waals surface area contributed by atoms with Crippen LogP contribution in [0.25, 0.3) is 10.9 Å². The minimum absolute atomic E-state index is 0.0197. The number of para-hydroxylation sites is 2. The van der Waals surface area contributed by atoms with Gasteiger partial charge < -0.3 is 10.4 Å². The maximum Gasteiger partial charge on any atom is 0.338 e. The molecule has 1 unspecified atom stereocenters. The predicted octanol–water partition coefficient (Wildman–Crippen LogP) is 3.43. The van der Waals surface area contributed by atoms with E-state index in [9.17, 15) is 27.9 Å². The van der Waals surface area contributed by atoms with Crippen LogP contribution in [0, 0.1) is 5.92 Å². The van der Waals surface area contributed by atoms with Crippen molar-refractivity contribution in [3.63, 3.8) is 0 Å². The molecule has 39 heavy (non-hydrogen) atoms. The molecule has 1 aromatic heterocycles. The summed E-state index contributed by atoms with van der Waals surface area (Å²) in [5, 5.41) is 12.9. The van der Waals surface area contributed by atoms with E-state index in [1.807, 2.05) is 26.0 Å². The highest BCUT2D eigenvalue weighted by molar-refractivity contribution is 7.91. The number of aliphatic imine (C=N–C) groups is 1. The van der Waals surface area contributed by atoms with E-state index in [0.717, 1.165) is 9.69 Å². The molecule has 0 saturated heterocycles. The quantitative estimate of drug-likeness (QED) is 0.448. The fourth-order valence-corrected chi connectivity index (χ4v) is 5.62. The zero-order chi connectivity index (χ0) is 28.7. The Morgan fingerprint density at radius 2 is 1.67 bits per heavy atom. The Balaban J connectivity index is 0.000000193. The number of carboxylic acid groups (broad SMARTS) is 1. The lowest BCUT2D eigenvalue weighted by Crippen LogP contribution is -2.48. The number of carbonyl (C=O) groups excluding carboxylic acids is 2. The summed E-state index contributed by atoms with van der Waals surface area (Å²) in [7, 11) is -3.75. The van der Waals surface area contributed by atoms with Gasteiger partial charge in [0.1, 0.15) is 11.2 Å². The molecule has 3 aromatic rings. The summed E-state index contributed by atoms with van der Waals surface area (Å²) < 4.78 is 26.8. The van der Waals surface area contributed by atoms with Crippen molar-refractivity contribution in [2.75, 3.05) is 4.72 Å². The third-order valence-electron chi connectivity index (χ3n) is 6.66. The van der Waals surface area contributed by atoms with Gasteiger partial charge in [0.2, 0.25) is 0 Å². The number of carbonyl (C=O) groups is 3. The SMILES string of the molecule is CC(C)C1(C)N=C(c2nc3ccccc3cc2C(=O)O)NC1=O.CC(C)N1C(=O)c2ccccc2NS1(=O)=O. The molecular formula is C27H29N5O6S. The number of hydrogen-bond donors (Lipinski definition) is 3. The molecule has 0 saturated carbocycles. The number of rotatable bonds is 4. The summed E-state index contributed by atoms with van der Waals surface area (Å²) in [6, 6.07) is 15.0. The van der Waals surface area contributed by atoms with Gasteiger partial charge in [0.15, 0.2) is 5.84 Å². The van der Waals surface area contributed by atoms with Crippen molar-refractivity contribution in [1.82, 2.24) is 14.6 Å². The molecule has 1 atom stereocenters. The topological polar surface area (TPSA) is 158 Å². The van der Waals surface area contributed by atoms with Crippen molar-refractivity contribution < 1.29 is 27.9 Å². The van der Waals surface area contributed by atoms with Gasteiger partial charge in [-0.2, -0.15) is 8.42 Å². The molecule has 0 fully saturated rings. The van der Waals surface area contributed by atoms with Gasteiger partial charge in [-0.15, -0.1) is 0 Å². The van der Waals surface area contributed by atoms with Crippen LogP contribution in [0.2, 0.25) is 0 Å². The first-order valence-corrected chi connectivity index (χ1v) is 13.7. The lowest BCUT2D eigenvalue weighted by molar-refractivity contribution is -0.124. The average Bonchev–Trinajstić information content (AvgIpc) is 3.18. The maximum atomic E-state index is 12.3. The molecule has 0 spiro atoms. The summed E-state index contributed by atoms with van der Waals surface area (Å²) in [5.41, 5.74) is 0.668. The lowest BCUT2D eigenvalue weighted by atomic mass is 9.89. The Morgan fingerprint density at radius 1 is 1.03 bits per heavy atom. The second-order valence-electron chi connectivity index (χ2n) is 9.95. The number of carboxylic acids is 1. The molecule has 11 nitrogen and oxygen atoms in total. The van der Waals surface area contributed by atoms with E-state index >= 15 is 0 Å². The molecule has 12 heteroatoms. The average molecular weight is 552 g/mol. The Labute approximate surface area is 226 Å². The summed E-state index contributed by atoms with van der Waals surface area (Å²) in [5.74, 6) is -1.63. The number of aromatic nitrogens is 1. The highest BCUT2D eigenvalue weighted by atomic mass is 32.2. The summed E-state index contributed by atoms with van der Waals surface area (Å²) in [6.45, 7) is 8.85. The highest BCUT2D eigenvalue weighted by Gasteiger charge is 2.43. The van der Waals surface area contributed by atoms with Crippen LogP contribution in [0.1, 0.15) is 61.0 Å². The number of anilines is 1. The van der Waals surface area contributed by atoms with E-state index in [1.54, 1.807) is 63.2 Å². The fourth-order valence-electron chi connectivity index (χ4n) is 4.19. The molecule has 3 heterocycles. The second kappa shape index (κ2) is 10.1. The molecular weight excluding hydrogens is 522 g/mol. The Hall–Kier alpha value is -4.32. The Kier molecular flexibility index (Phi) is 7.17. The van der Waals surface area contributed by atoms with Gasteiger partial charge in [0, 0.05) is 11.4 Å². The van der Waals surface area contributed by atoms with Crippen LogP contribution < -0.4 is 10.0 Å². The van der Waals surface area contributed by atoms with Gasteiger partial charge in [-0.3, -0.25) is 14.3 Å². The van der Waals surface area contributed by atoms with Crippen molar-refractivity contribution >= 4 is 50.4 Å². The molecule has 0 aliphatic carbocycles. The number of pyridine rings is 1. The Morgan fingerprint density at radius 3 is 2.28 bits per heavy atom. The van der Waals surface area contributed by atoms with Crippen molar-refractivity contribution in [3.05, 3.63) is 71.4 Å². The van der Waals surface area contributed by atoms with E-state index in [2.05, 4.69) is 20.0 Å². The number of hydrogen-bond acceptors (Lipinski definition) is 7. The molecule has 0 bridgehead atoms. The van der Waals surface area contributed by atoms with E-state index in [0.29, 0.717) is 16.8 Å². The van der Waals surface area contributed by atoms with Gasteiger partial charge in [-0.05, 0) is 51.0 Å². The fraction of sp³-hybridized carbons (Fsp3) is 0.296. The summed E-state index contributed by atoms with van der Waals surface area (Å²) >= 11 is 0. The summed E-state index contributed by atoms with van der Waals surface area (Å²) in [4.78, 5) is 44.7. The first-order chi connectivity index (χ1) is 18.3. The molecule has 0 radical (unpaired) electrons. The Bertz CT molecular complexity index is 1630. The van der Waals surface area contributed by atoms with Crippen molar-refractivity contribution in [2.45, 2.75) is 46.2 Å². The monoisotopic (exact) mass is 551 g/mol. The van der Waals surface area contributed by atoms with E-state index in [4.69, 9.17) is 0 Å². The van der Waals surface area contributed by atoms with Gasteiger partial charge in [0.25, 0.3) is 11.8 Å². The van der Waals surface area contributed by atoms with E-state index in [1.165, 1.54) is 0 Å². The smallest absolute Gasteiger partial charge is 0.338 e. The number of aromatic carboxylic acids is 1. The van der Waals surface area contributed by atoms with Gasteiger partial charge in [0.05, 0.1) is 22.3 Å². The molecule has 3 N–H and O–H groups in total. The van der Waals surface area contributed by atoms with Crippen molar-refractivity contribution in [1.29, 1.82) is 0 Å². The lowest BCUT2D eigenvalue weighted by Gasteiger charge is -2.31.